The molecule has 1 heterocycles. The largest absolute Gasteiger partial charge is 0.450 e. The van der Waals surface area contributed by atoms with Crippen molar-refractivity contribution in [1.82, 2.24) is 9.99 Å². The molecule has 5 rings (SSSR count). The van der Waals surface area contributed by atoms with Gasteiger partial charge in [0, 0.05) is 16.8 Å². The molecule has 0 aliphatic rings. The van der Waals surface area contributed by atoms with Crippen molar-refractivity contribution in [2.45, 2.75) is 6.54 Å². The highest BCUT2D eigenvalue weighted by Crippen LogP contribution is 2.34. The van der Waals surface area contributed by atoms with Gasteiger partial charge in [-0.2, -0.15) is 5.10 Å². The number of rotatable bonds is 8. The minimum Gasteiger partial charge on any atom is -0.450 e. The topological polar surface area (TPSA) is 159 Å². The Labute approximate surface area is 225 Å². The number of pyridine rings is 1. The first-order valence-electron chi connectivity index (χ1n) is 11.8. The maximum Gasteiger partial charge on any atom is 0.318 e. The number of nitro benzene ring substituents is 2. The molecule has 0 bridgehead atoms. The minimum absolute atomic E-state index is 0.0700. The lowest BCUT2D eigenvalue weighted by Crippen LogP contribution is -2.25. The van der Waals surface area contributed by atoms with E-state index < -0.39 is 27.1 Å². The fourth-order valence-electron chi connectivity index (χ4n) is 4.20. The number of benzene rings is 4. The molecule has 0 unspecified atom stereocenters. The van der Waals surface area contributed by atoms with E-state index in [2.05, 4.69) is 10.5 Å². The van der Waals surface area contributed by atoms with Gasteiger partial charge in [0.05, 0.1) is 33.2 Å². The van der Waals surface area contributed by atoms with Gasteiger partial charge in [-0.25, -0.2) is 5.43 Å². The first kappa shape index (κ1) is 25.7. The molecule has 1 N–H and O–H groups in total. The number of aromatic nitrogens is 1. The first-order valence-corrected chi connectivity index (χ1v) is 11.8. The molecule has 1 aromatic heterocycles. The number of fused-ring (bicyclic) bond motifs is 2. The van der Waals surface area contributed by atoms with Gasteiger partial charge in [0.25, 0.3) is 11.6 Å². The Morgan fingerprint density at radius 2 is 1.50 bits per heavy atom. The summed E-state index contributed by atoms with van der Waals surface area (Å²) in [6.45, 7) is -0.0700. The molecule has 0 spiro atoms. The first-order chi connectivity index (χ1) is 19.3. The summed E-state index contributed by atoms with van der Waals surface area (Å²) in [6.07, 6.45) is 1.41. The zero-order chi connectivity index (χ0) is 28.2. The van der Waals surface area contributed by atoms with Crippen molar-refractivity contribution in [3.05, 3.63) is 127 Å². The van der Waals surface area contributed by atoms with E-state index in [1.165, 1.54) is 18.3 Å². The van der Waals surface area contributed by atoms with Crippen LogP contribution in [0.1, 0.15) is 5.56 Å². The number of ether oxygens (including phenoxy) is 1. The molecule has 5 aromatic rings. The molecule has 4 aromatic carbocycles. The number of carbonyl (C=O) groups excluding carboxylic acids is 1. The second kappa shape index (κ2) is 10.8. The molecular formula is C28H19N5O7. The lowest BCUT2D eigenvalue weighted by Gasteiger charge is -2.14. The Balaban J connectivity index is 1.28. The highest BCUT2D eigenvalue weighted by atomic mass is 16.6. The standard InChI is InChI=1S/C28H19N5O7/c34-27(17-31-23-7-3-1-5-21(23)28(35)22-6-2-4-8-24(22)31)30-29-16-18-9-12-20(13-10-18)40-26-14-11-19(32(36)37)15-25(26)33(38)39/h1-16H,17H2,(H,30,34)/b29-16-. The predicted octanol–water partition coefficient (Wildman–Crippen LogP) is 4.91. The van der Waals surface area contributed by atoms with E-state index >= 15 is 0 Å². The third-order valence-electron chi connectivity index (χ3n) is 6.04. The molecule has 12 nitrogen and oxygen atoms in total. The minimum atomic E-state index is -0.759. The Kier molecular flexibility index (Phi) is 6.97. The number of nitrogens with zero attached hydrogens (tertiary/aromatic N) is 4. The summed E-state index contributed by atoms with van der Waals surface area (Å²) in [4.78, 5) is 46.3. The number of amides is 1. The van der Waals surface area contributed by atoms with Crippen LogP contribution in [-0.2, 0) is 11.3 Å². The van der Waals surface area contributed by atoms with Gasteiger partial charge in [0.1, 0.15) is 12.3 Å². The van der Waals surface area contributed by atoms with E-state index in [0.29, 0.717) is 27.4 Å². The monoisotopic (exact) mass is 537 g/mol. The quantitative estimate of drug-likeness (QED) is 0.127. The lowest BCUT2D eigenvalue weighted by molar-refractivity contribution is -0.394. The van der Waals surface area contributed by atoms with Gasteiger partial charge in [-0.3, -0.25) is 29.8 Å². The Bertz CT molecular complexity index is 1820. The van der Waals surface area contributed by atoms with Crippen molar-refractivity contribution in [3.63, 3.8) is 0 Å². The van der Waals surface area contributed by atoms with Crippen molar-refractivity contribution in [3.8, 4) is 11.5 Å². The number of non-ortho nitro benzene ring substituents is 1. The molecule has 0 aliphatic carbocycles. The summed E-state index contributed by atoms with van der Waals surface area (Å²) in [6, 6.07) is 23.6. The van der Waals surface area contributed by atoms with Crippen LogP contribution in [-0.4, -0.2) is 26.5 Å². The fraction of sp³-hybridized carbons (Fsp3) is 0.0357. The molecule has 0 fully saturated rings. The van der Waals surface area contributed by atoms with Crippen molar-refractivity contribution >= 4 is 45.3 Å². The van der Waals surface area contributed by atoms with E-state index in [9.17, 15) is 29.8 Å². The van der Waals surface area contributed by atoms with Crippen LogP contribution in [0.5, 0.6) is 11.5 Å². The number of nitro groups is 2. The van der Waals surface area contributed by atoms with Gasteiger partial charge in [-0.05, 0) is 60.2 Å². The van der Waals surface area contributed by atoms with Crippen LogP contribution in [0.15, 0.2) is 101 Å². The SMILES string of the molecule is O=C(Cn1c2ccccc2c(=O)c2ccccc21)N/N=C\c1ccc(Oc2ccc([N+](=O)[O-])cc2[N+](=O)[O-])cc1. The molecule has 0 saturated carbocycles. The van der Waals surface area contributed by atoms with E-state index in [0.717, 1.165) is 18.2 Å². The van der Waals surface area contributed by atoms with Crippen LogP contribution >= 0.6 is 0 Å². The summed E-state index contributed by atoms with van der Waals surface area (Å²) in [5.41, 5.74) is 3.29. The van der Waals surface area contributed by atoms with Crippen molar-refractivity contribution < 1.29 is 19.4 Å². The summed E-state index contributed by atoms with van der Waals surface area (Å²) >= 11 is 0. The highest BCUT2D eigenvalue weighted by Gasteiger charge is 2.21. The summed E-state index contributed by atoms with van der Waals surface area (Å²) in [5, 5.41) is 27.2. The molecule has 40 heavy (non-hydrogen) atoms. The smallest absolute Gasteiger partial charge is 0.318 e. The van der Waals surface area contributed by atoms with Crippen LogP contribution in [0.25, 0.3) is 21.8 Å². The number of hydrazone groups is 1. The van der Waals surface area contributed by atoms with Crippen molar-refractivity contribution in [2.75, 3.05) is 0 Å². The number of nitrogens with one attached hydrogen (secondary N) is 1. The maximum absolute atomic E-state index is 12.9. The zero-order valence-electron chi connectivity index (χ0n) is 20.6. The average molecular weight is 537 g/mol. The van der Waals surface area contributed by atoms with Crippen molar-refractivity contribution in [1.29, 1.82) is 0 Å². The third-order valence-corrected chi connectivity index (χ3v) is 6.04. The summed E-state index contributed by atoms with van der Waals surface area (Å²) in [5.74, 6) is -0.289. The second-order valence-corrected chi connectivity index (χ2v) is 8.58. The number of hydrogen-bond donors (Lipinski definition) is 1. The van der Waals surface area contributed by atoms with Gasteiger partial charge in [0.2, 0.25) is 5.75 Å². The van der Waals surface area contributed by atoms with Crippen LogP contribution < -0.4 is 15.6 Å². The van der Waals surface area contributed by atoms with E-state index in [1.54, 1.807) is 65.2 Å². The van der Waals surface area contributed by atoms with E-state index in [1.807, 2.05) is 0 Å². The normalized spacial score (nSPS) is 11.1. The molecule has 12 heteroatoms. The van der Waals surface area contributed by atoms with Crippen molar-refractivity contribution in [2.24, 2.45) is 5.10 Å². The van der Waals surface area contributed by atoms with Crippen LogP contribution in [0.3, 0.4) is 0 Å². The highest BCUT2D eigenvalue weighted by molar-refractivity contribution is 5.95. The average Bonchev–Trinajstić information content (AvgIpc) is 2.96. The number of para-hydroxylation sites is 2. The molecule has 1 amide bonds. The molecule has 0 aliphatic heterocycles. The second-order valence-electron chi connectivity index (χ2n) is 8.58. The Morgan fingerprint density at radius 1 is 0.875 bits per heavy atom. The van der Waals surface area contributed by atoms with Crippen LogP contribution in [0.4, 0.5) is 11.4 Å². The Hall–Kier alpha value is -5.91. The van der Waals surface area contributed by atoms with Gasteiger partial charge in [-0.1, -0.05) is 24.3 Å². The zero-order valence-corrected chi connectivity index (χ0v) is 20.6. The summed E-state index contributed by atoms with van der Waals surface area (Å²) < 4.78 is 7.31. The van der Waals surface area contributed by atoms with Gasteiger partial charge >= 0.3 is 5.69 Å². The fourth-order valence-corrected chi connectivity index (χ4v) is 4.20. The number of carbonyl (C=O) groups is 1. The van der Waals surface area contributed by atoms with Crippen LogP contribution in [0.2, 0.25) is 0 Å². The van der Waals surface area contributed by atoms with Gasteiger partial charge in [0.15, 0.2) is 5.43 Å². The molecule has 198 valence electrons. The molecule has 0 radical (unpaired) electrons. The summed E-state index contributed by atoms with van der Waals surface area (Å²) in [7, 11) is 0. The van der Waals surface area contributed by atoms with Gasteiger partial charge in [-0.15, -0.1) is 0 Å². The Morgan fingerprint density at radius 3 is 2.10 bits per heavy atom. The predicted molar refractivity (Wildman–Crippen MR) is 148 cm³/mol. The lowest BCUT2D eigenvalue weighted by atomic mass is 10.1. The van der Waals surface area contributed by atoms with Crippen LogP contribution in [0, 0.1) is 20.2 Å². The van der Waals surface area contributed by atoms with Gasteiger partial charge < -0.3 is 9.30 Å². The third kappa shape index (κ3) is 5.22. The molecular weight excluding hydrogens is 518 g/mol. The number of hydrogen-bond acceptors (Lipinski definition) is 8. The molecule has 0 atom stereocenters. The van der Waals surface area contributed by atoms with E-state index in [4.69, 9.17) is 4.74 Å². The molecule has 0 saturated heterocycles. The maximum atomic E-state index is 12.9. The van der Waals surface area contributed by atoms with E-state index in [-0.39, 0.29) is 23.5 Å².